The molecule has 3 N–H and O–H groups in total. The zero-order valence-electron chi connectivity index (χ0n) is 9.80. The SMILES string of the molecule is Cc1cc(F)c(N)c(C(=N)c2cccc(F)c2)c1. The number of aryl methyl sites for hydroxylation is 1. The Kier molecular flexibility index (Phi) is 3.10. The molecular formula is C14H12F2N2. The first-order chi connectivity index (χ1) is 8.49. The van der Waals surface area contributed by atoms with Gasteiger partial charge in [0.05, 0.1) is 11.4 Å². The smallest absolute Gasteiger partial charge is 0.147 e. The van der Waals surface area contributed by atoms with Gasteiger partial charge in [-0.2, -0.15) is 0 Å². The Labute approximate surface area is 104 Å². The molecule has 0 saturated heterocycles. The van der Waals surface area contributed by atoms with Crippen molar-refractivity contribution in [1.29, 1.82) is 5.41 Å². The number of nitrogen functional groups attached to an aromatic ring is 1. The minimum Gasteiger partial charge on any atom is -0.396 e. The summed E-state index contributed by atoms with van der Waals surface area (Å²) in [4.78, 5) is 0. The minimum absolute atomic E-state index is 0.00889. The van der Waals surface area contributed by atoms with Gasteiger partial charge in [0, 0.05) is 11.1 Å². The van der Waals surface area contributed by atoms with Gasteiger partial charge in [0.15, 0.2) is 0 Å². The van der Waals surface area contributed by atoms with Gasteiger partial charge >= 0.3 is 0 Å². The number of hydrogen-bond donors (Lipinski definition) is 2. The molecule has 0 aliphatic heterocycles. The molecule has 0 radical (unpaired) electrons. The van der Waals surface area contributed by atoms with Crippen molar-refractivity contribution in [2.45, 2.75) is 6.92 Å². The maximum atomic E-state index is 13.5. The Morgan fingerprint density at radius 3 is 2.56 bits per heavy atom. The lowest BCUT2D eigenvalue weighted by atomic mass is 9.99. The summed E-state index contributed by atoms with van der Waals surface area (Å²) in [6.07, 6.45) is 0. The van der Waals surface area contributed by atoms with E-state index in [9.17, 15) is 8.78 Å². The van der Waals surface area contributed by atoms with E-state index in [1.165, 1.54) is 24.3 Å². The molecule has 0 unspecified atom stereocenters. The summed E-state index contributed by atoms with van der Waals surface area (Å²) in [5.74, 6) is -1.00. The van der Waals surface area contributed by atoms with Crippen molar-refractivity contribution in [3.63, 3.8) is 0 Å². The van der Waals surface area contributed by atoms with Crippen LogP contribution in [0, 0.1) is 24.0 Å². The normalized spacial score (nSPS) is 10.4. The van der Waals surface area contributed by atoms with Crippen LogP contribution in [-0.2, 0) is 0 Å². The van der Waals surface area contributed by atoms with Gasteiger partial charge in [0.1, 0.15) is 11.6 Å². The Balaban J connectivity index is 2.53. The standard InChI is InChI=1S/C14H12F2N2/c1-8-5-11(14(18)12(16)6-8)13(17)9-3-2-4-10(15)7-9/h2-7,17H,18H2,1H3. The summed E-state index contributed by atoms with van der Waals surface area (Å²) in [7, 11) is 0. The van der Waals surface area contributed by atoms with E-state index >= 15 is 0 Å². The molecule has 2 nitrogen and oxygen atoms in total. The van der Waals surface area contributed by atoms with Gasteiger partial charge in [-0.15, -0.1) is 0 Å². The van der Waals surface area contributed by atoms with Gasteiger partial charge in [-0.05, 0) is 36.8 Å². The third kappa shape index (κ3) is 2.22. The van der Waals surface area contributed by atoms with Gasteiger partial charge < -0.3 is 5.73 Å². The molecule has 0 spiro atoms. The van der Waals surface area contributed by atoms with Crippen LogP contribution in [0.1, 0.15) is 16.7 Å². The molecule has 0 fully saturated rings. The van der Waals surface area contributed by atoms with Crippen molar-refractivity contribution in [3.8, 4) is 0 Å². The quantitative estimate of drug-likeness (QED) is 0.620. The number of nitrogens with two attached hydrogens (primary N) is 1. The minimum atomic E-state index is -0.564. The van der Waals surface area contributed by atoms with Gasteiger partial charge in [-0.1, -0.05) is 12.1 Å². The predicted molar refractivity (Wildman–Crippen MR) is 67.9 cm³/mol. The Morgan fingerprint density at radius 2 is 1.89 bits per heavy atom. The third-order valence-electron chi connectivity index (χ3n) is 2.66. The lowest BCUT2D eigenvalue weighted by Crippen LogP contribution is -2.08. The van der Waals surface area contributed by atoms with Gasteiger partial charge in [0.25, 0.3) is 0 Å². The number of hydrogen-bond acceptors (Lipinski definition) is 2. The fourth-order valence-corrected chi connectivity index (χ4v) is 1.76. The fourth-order valence-electron chi connectivity index (χ4n) is 1.76. The van der Waals surface area contributed by atoms with Crippen molar-refractivity contribution >= 4 is 11.4 Å². The van der Waals surface area contributed by atoms with Crippen molar-refractivity contribution in [2.24, 2.45) is 0 Å². The third-order valence-corrected chi connectivity index (χ3v) is 2.66. The molecule has 2 aromatic rings. The van der Waals surface area contributed by atoms with E-state index in [1.54, 1.807) is 19.1 Å². The molecule has 92 valence electrons. The van der Waals surface area contributed by atoms with Crippen molar-refractivity contribution in [1.82, 2.24) is 0 Å². The molecule has 2 rings (SSSR count). The van der Waals surface area contributed by atoms with Crippen molar-refractivity contribution in [3.05, 3.63) is 64.7 Å². The second-order valence-electron chi connectivity index (χ2n) is 4.09. The van der Waals surface area contributed by atoms with E-state index < -0.39 is 11.6 Å². The molecule has 0 aromatic heterocycles. The average molecular weight is 246 g/mol. The predicted octanol–water partition coefficient (Wildman–Crippen LogP) is 3.27. The molecule has 0 bridgehead atoms. The molecule has 4 heteroatoms. The van der Waals surface area contributed by atoms with Crippen LogP contribution in [0.25, 0.3) is 0 Å². The molecule has 2 aromatic carbocycles. The Hall–Kier alpha value is -2.23. The first-order valence-electron chi connectivity index (χ1n) is 5.39. The van der Waals surface area contributed by atoms with E-state index in [2.05, 4.69) is 0 Å². The Bertz CT molecular complexity index is 621. The first-order valence-corrected chi connectivity index (χ1v) is 5.39. The zero-order chi connectivity index (χ0) is 13.3. The highest BCUT2D eigenvalue weighted by atomic mass is 19.1. The van der Waals surface area contributed by atoms with Gasteiger partial charge in [0.2, 0.25) is 0 Å². The number of rotatable bonds is 2. The monoisotopic (exact) mass is 246 g/mol. The van der Waals surface area contributed by atoms with Gasteiger partial charge in [-0.25, -0.2) is 8.78 Å². The molecule has 0 aliphatic rings. The van der Waals surface area contributed by atoms with Crippen molar-refractivity contribution in [2.75, 3.05) is 5.73 Å². The average Bonchev–Trinajstić information content (AvgIpc) is 2.33. The lowest BCUT2D eigenvalue weighted by molar-refractivity contribution is 0.627. The van der Waals surface area contributed by atoms with Crippen LogP contribution in [0.5, 0.6) is 0 Å². The highest BCUT2D eigenvalue weighted by molar-refractivity contribution is 6.13. The van der Waals surface area contributed by atoms with Crippen LogP contribution in [0.2, 0.25) is 0 Å². The highest BCUT2D eigenvalue weighted by Gasteiger charge is 2.13. The second kappa shape index (κ2) is 4.56. The second-order valence-corrected chi connectivity index (χ2v) is 4.09. The first kappa shape index (κ1) is 12.2. The molecule has 0 heterocycles. The molecule has 18 heavy (non-hydrogen) atoms. The van der Waals surface area contributed by atoms with Crippen LogP contribution in [0.4, 0.5) is 14.5 Å². The topological polar surface area (TPSA) is 49.9 Å². The largest absolute Gasteiger partial charge is 0.396 e. The summed E-state index contributed by atoms with van der Waals surface area (Å²) < 4.78 is 26.6. The van der Waals surface area contributed by atoms with Crippen LogP contribution >= 0.6 is 0 Å². The summed E-state index contributed by atoms with van der Waals surface area (Å²) in [5, 5.41) is 7.99. The van der Waals surface area contributed by atoms with E-state index in [-0.39, 0.29) is 17.0 Å². The number of nitrogens with one attached hydrogen (secondary N) is 1. The zero-order valence-corrected chi connectivity index (χ0v) is 9.80. The Morgan fingerprint density at radius 1 is 1.17 bits per heavy atom. The number of halogens is 2. The molecule has 0 amide bonds. The maximum Gasteiger partial charge on any atom is 0.147 e. The molecule has 0 atom stereocenters. The summed E-state index contributed by atoms with van der Waals surface area (Å²) >= 11 is 0. The summed E-state index contributed by atoms with van der Waals surface area (Å²) in [5.41, 5.74) is 6.85. The van der Waals surface area contributed by atoms with E-state index in [4.69, 9.17) is 11.1 Å². The van der Waals surface area contributed by atoms with E-state index in [0.29, 0.717) is 11.1 Å². The van der Waals surface area contributed by atoms with Crippen LogP contribution in [-0.4, -0.2) is 5.71 Å². The number of anilines is 1. The van der Waals surface area contributed by atoms with Crippen molar-refractivity contribution < 1.29 is 8.78 Å². The van der Waals surface area contributed by atoms with E-state index in [1.807, 2.05) is 0 Å². The number of benzene rings is 2. The molecule has 0 aliphatic carbocycles. The summed E-state index contributed by atoms with van der Waals surface area (Å²) in [6.45, 7) is 1.71. The van der Waals surface area contributed by atoms with E-state index in [0.717, 1.165) is 0 Å². The van der Waals surface area contributed by atoms with Crippen LogP contribution < -0.4 is 5.73 Å². The van der Waals surface area contributed by atoms with Crippen LogP contribution in [0.15, 0.2) is 36.4 Å². The molecular weight excluding hydrogens is 234 g/mol. The molecule has 0 saturated carbocycles. The summed E-state index contributed by atoms with van der Waals surface area (Å²) in [6, 6.07) is 8.52. The highest BCUT2D eigenvalue weighted by Crippen LogP contribution is 2.22. The van der Waals surface area contributed by atoms with Crippen LogP contribution in [0.3, 0.4) is 0 Å². The lowest BCUT2D eigenvalue weighted by Gasteiger charge is -2.10. The fraction of sp³-hybridized carbons (Fsp3) is 0.0714. The van der Waals surface area contributed by atoms with Gasteiger partial charge in [-0.3, -0.25) is 5.41 Å². The maximum absolute atomic E-state index is 13.5.